The second kappa shape index (κ2) is 6.61. The van der Waals surface area contributed by atoms with Crippen LogP contribution in [-0.4, -0.2) is 25.3 Å². The van der Waals surface area contributed by atoms with Crippen LogP contribution in [0.25, 0.3) is 0 Å². The minimum Gasteiger partial charge on any atom is -0.376 e. The summed E-state index contributed by atoms with van der Waals surface area (Å²) in [7, 11) is 0. The van der Waals surface area contributed by atoms with Gasteiger partial charge >= 0.3 is 0 Å². The molecule has 2 rings (SSSR count). The van der Waals surface area contributed by atoms with Crippen molar-refractivity contribution in [2.45, 2.75) is 70.4 Å². The van der Waals surface area contributed by atoms with Gasteiger partial charge in [-0.3, -0.25) is 0 Å². The van der Waals surface area contributed by atoms with Crippen molar-refractivity contribution >= 4 is 0 Å². The van der Waals surface area contributed by atoms with E-state index in [1.54, 1.807) is 0 Å². The topological polar surface area (TPSA) is 21.3 Å². The van der Waals surface area contributed by atoms with E-state index in [-0.39, 0.29) is 0 Å². The standard InChI is InChI=1S/C14H27NO/c1-2-10-15-13-6-4-3-5-7-14(13)16-11-12-8-9-12/h12-15H,2-11H2,1H3. The summed E-state index contributed by atoms with van der Waals surface area (Å²) in [4.78, 5) is 0. The smallest absolute Gasteiger partial charge is 0.0728 e. The fourth-order valence-electron chi connectivity index (χ4n) is 2.58. The molecule has 0 bridgehead atoms. The highest BCUT2D eigenvalue weighted by atomic mass is 16.5. The van der Waals surface area contributed by atoms with Gasteiger partial charge in [0.2, 0.25) is 0 Å². The lowest BCUT2D eigenvalue weighted by molar-refractivity contribution is 0.0161. The highest BCUT2D eigenvalue weighted by molar-refractivity contribution is 4.81. The Morgan fingerprint density at radius 1 is 1.06 bits per heavy atom. The summed E-state index contributed by atoms with van der Waals surface area (Å²) in [5, 5.41) is 3.68. The van der Waals surface area contributed by atoms with E-state index in [0.717, 1.165) is 19.1 Å². The molecule has 2 nitrogen and oxygen atoms in total. The minimum absolute atomic E-state index is 0.495. The van der Waals surface area contributed by atoms with E-state index >= 15 is 0 Å². The van der Waals surface area contributed by atoms with Crippen LogP contribution in [0, 0.1) is 5.92 Å². The summed E-state index contributed by atoms with van der Waals surface area (Å²) in [6, 6.07) is 0.626. The molecule has 0 aromatic heterocycles. The Hall–Kier alpha value is -0.0800. The van der Waals surface area contributed by atoms with Gasteiger partial charge in [-0.15, -0.1) is 0 Å². The van der Waals surface area contributed by atoms with Crippen molar-refractivity contribution in [3.8, 4) is 0 Å². The molecule has 2 aliphatic carbocycles. The van der Waals surface area contributed by atoms with Crippen molar-refractivity contribution in [1.29, 1.82) is 0 Å². The summed E-state index contributed by atoms with van der Waals surface area (Å²) in [6.07, 6.45) is 11.3. The van der Waals surface area contributed by atoms with Crippen LogP contribution >= 0.6 is 0 Å². The van der Waals surface area contributed by atoms with Gasteiger partial charge in [0.15, 0.2) is 0 Å². The lowest BCUT2D eigenvalue weighted by Crippen LogP contribution is -2.41. The molecule has 2 unspecified atom stereocenters. The molecule has 2 aliphatic rings. The largest absolute Gasteiger partial charge is 0.376 e. The summed E-state index contributed by atoms with van der Waals surface area (Å²) < 4.78 is 6.13. The zero-order valence-corrected chi connectivity index (χ0v) is 10.7. The lowest BCUT2D eigenvalue weighted by Gasteiger charge is -2.26. The fraction of sp³-hybridized carbons (Fsp3) is 1.00. The molecule has 16 heavy (non-hydrogen) atoms. The fourth-order valence-corrected chi connectivity index (χ4v) is 2.58. The second-order valence-electron chi connectivity index (χ2n) is 5.51. The third-order valence-corrected chi connectivity index (χ3v) is 3.85. The van der Waals surface area contributed by atoms with Gasteiger partial charge in [-0.05, 0) is 44.6 Å². The average molecular weight is 225 g/mol. The van der Waals surface area contributed by atoms with Crippen LogP contribution in [0.3, 0.4) is 0 Å². The molecule has 0 heterocycles. The summed E-state index contributed by atoms with van der Waals surface area (Å²) in [6.45, 7) is 4.41. The molecule has 0 spiro atoms. The maximum atomic E-state index is 6.13. The number of hydrogen-bond acceptors (Lipinski definition) is 2. The Kier molecular flexibility index (Phi) is 5.11. The Balaban J connectivity index is 1.76. The molecule has 94 valence electrons. The lowest BCUT2D eigenvalue weighted by atomic mass is 10.1. The van der Waals surface area contributed by atoms with Gasteiger partial charge in [0, 0.05) is 12.6 Å². The molecule has 2 fully saturated rings. The SMILES string of the molecule is CCCNC1CCCCCC1OCC1CC1. The van der Waals surface area contributed by atoms with Crippen molar-refractivity contribution in [1.82, 2.24) is 5.32 Å². The first-order valence-electron chi connectivity index (χ1n) is 7.25. The van der Waals surface area contributed by atoms with Gasteiger partial charge in [-0.2, -0.15) is 0 Å². The van der Waals surface area contributed by atoms with Gasteiger partial charge in [-0.1, -0.05) is 26.2 Å². The quantitative estimate of drug-likeness (QED) is 0.701. The van der Waals surface area contributed by atoms with Crippen LogP contribution in [0.15, 0.2) is 0 Å². The number of nitrogens with one attached hydrogen (secondary N) is 1. The molecule has 0 saturated heterocycles. The maximum Gasteiger partial charge on any atom is 0.0728 e. The van der Waals surface area contributed by atoms with Crippen molar-refractivity contribution in [3.05, 3.63) is 0 Å². The van der Waals surface area contributed by atoms with E-state index in [4.69, 9.17) is 4.74 Å². The van der Waals surface area contributed by atoms with Crippen LogP contribution in [0.1, 0.15) is 58.3 Å². The predicted molar refractivity (Wildman–Crippen MR) is 67.6 cm³/mol. The Bertz CT molecular complexity index is 191. The van der Waals surface area contributed by atoms with Crippen LogP contribution in [0.4, 0.5) is 0 Å². The van der Waals surface area contributed by atoms with Gasteiger partial charge in [0.1, 0.15) is 0 Å². The molecule has 2 atom stereocenters. The third-order valence-electron chi connectivity index (χ3n) is 3.85. The molecule has 0 aromatic rings. The molecule has 0 amide bonds. The first kappa shape index (κ1) is 12.4. The Morgan fingerprint density at radius 2 is 1.88 bits per heavy atom. The molecule has 1 N–H and O–H groups in total. The molecular weight excluding hydrogens is 198 g/mol. The molecular formula is C14H27NO. The predicted octanol–water partition coefficient (Wildman–Crippen LogP) is 3.11. The van der Waals surface area contributed by atoms with Crippen LogP contribution in [0.2, 0.25) is 0 Å². The summed E-state index contributed by atoms with van der Waals surface area (Å²) in [5.74, 6) is 0.898. The second-order valence-corrected chi connectivity index (χ2v) is 5.51. The van der Waals surface area contributed by atoms with E-state index in [0.29, 0.717) is 12.1 Å². The van der Waals surface area contributed by atoms with Gasteiger partial charge in [-0.25, -0.2) is 0 Å². The van der Waals surface area contributed by atoms with Crippen molar-refractivity contribution in [2.24, 2.45) is 5.92 Å². The first-order valence-corrected chi connectivity index (χ1v) is 7.25. The monoisotopic (exact) mass is 225 g/mol. The number of ether oxygens (including phenoxy) is 1. The van der Waals surface area contributed by atoms with Crippen molar-refractivity contribution < 1.29 is 4.74 Å². The zero-order chi connectivity index (χ0) is 11.2. The van der Waals surface area contributed by atoms with Crippen LogP contribution < -0.4 is 5.32 Å². The van der Waals surface area contributed by atoms with E-state index in [1.165, 1.54) is 51.4 Å². The molecule has 0 aromatic carbocycles. The molecule has 0 aliphatic heterocycles. The molecule has 0 radical (unpaired) electrons. The minimum atomic E-state index is 0.495. The van der Waals surface area contributed by atoms with Crippen LogP contribution in [0.5, 0.6) is 0 Å². The number of hydrogen-bond donors (Lipinski definition) is 1. The average Bonchev–Trinajstić information content (AvgIpc) is 3.11. The van der Waals surface area contributed by atoms with Crippen molar-refractivity contribution in [2.75, 3.05) is 13.2 Å². The summed E-state index contributed by atoms with van der Waals surface area (Å²) >= 11 is 0. The first-order chi connectivity index (χ1) is 7.90. The van der Waals surface area contributed by atoms with E-state index in [2.05, 4.69) is 12.2 Å². The van der Waals surface area contributed by atoms with Gasteiger partial charge in [0.05, 0.1) is 6.10 Å². The van der Waals surface area contributed by atoms with Gasteiger partial charge in [0.25, 0.3) is 0 Å². The van der Waals surface area contributed by atoms with E-state index < -0.39 is 0 Å². The van der Waals surface area contributed by atoms with Crippen molar-refractivity contribution in [3.63, 3.8) is 0 Å². The van der Waals surface area contributed by atoms with E-state index in [1.807, 2.05) is 0 Å². The van der Waals surface area contributed by atoms with E-state index in [9.17, 15) is 0 Å². The molecule has 2 saturated carbocycles. The summed E-state index contributed by atoms with van der Waals surface area (Å²) in [5.41, 5.74) is 0. The highest BCUT2D eigenvalue weighted by Crippen LogP contribution is 2.30. The Morgan fingerprint density at radius 3 is 2.62 bits per heavy atom. The van der Waals surface area contributed by atoms with Crippen LogP contribution in [-0.2, 0) is 4.74 Å². The third kappa shape index (κ3) is 4.06. The number of rotatable bonds is 6. The highest BCUT2D eigenvalue weighted by Gasteiger charge is 2.27. The molecule has 2 heteroatoms. The Labute approximate surface area is 100 Å². The van der Waals surface area contributed by atoms with Gasteiger partial charge < -0.3 is 10.1 Å². The normalized spacial score (nSPS) is 31.3. The maximum absolute atomic E-state index is 6.13. The zero-order valence-electron chi connectivity index (χ0n) is 10.7.